The maximum atomic E-state index is 13.0. The SMILES string of the molecule is CC(C(=O)c1ccccc1)[S+]1c2ccccc2Oc2ccccc21. The lowest BCUT2D eigenvalue weighted by Crippen LogP contribution is -2.30. The molecule has 0 radical (unpaired) electrons. The number of rotatable bonds is 3. The molecule has 1 atom stereocenters. The second-order valence-electron chi connectivity index (χ2n) is 5.71. The molecule has 24 heavy (non-hydrogen) atoms. The minimum absolute atomic E-state index is 0.140. The van der Waals surface area contributed by atoms with E-state index in [1.807, 2.05) is 73.7 Å². The molecule has 3 aromatic rings. The van der Waals surface area contributed by atoms with Crippen molar-refractivity contribution in [2.45, 2.75) is 22.0 Å². The smallest absolute Gasteiger partial charge is 0.215 e. The Balaban J connectivity index is 1.81. The third-order valence-electron chi connectivity index (χ3n) is 4.17. The Bertz CT molecular complexity index is 844. The number of Topliss-reactive ketones (excluding diaryl/α,β-unsaturated/α-hetero) is 1. The Morgan fingerprint density at radius 2 is 1.29 bits per heavy atom. The van der Waals surface area contributed by atoms with Crippen molar-refractivity contribution in [1.29, 1.82) is 0 Å². The van der Waals surface area contributed by atoms with Crippen LogP contribution in [0.15, 0.2) is 88.7 Å². The van der Waals surface area contributed by atoms with Crippen LogP contribution in [0.4, 0.5) is 0 Å². The van der Waals surface area contributed by atoms with Crippen LogP contribution < -0.4 is 4.74 Å². The van der Waals surface area contributed by atoms with Gasteiger partial charge in [0.05, 0.1) is 10.9 Å². The lowest BCUT2D eigenvalue weighted by atomic mass is 10.1. The standard InChI is InChI=1S/C21H17O2S/c1-15(21(22)16-9-3-2-4-10-16)24-19-13-7-5-11-17(19)23-18-12-6-8-14-20(18)24/h2-15H,1H3/q+1. The first-order chi connectivity index (χ1) is 11.8. The molecule has 0 bridgehead atoms. The van der Waals surface area contributed by atoms with Gasteiger partial charge in [-0.3, -0.25) is 4.79 Å². The van der Waals surface area contributed by atoms with Gasteiger partial charge in [-0.15, -0.1) is 0 Å². The van der Waals surface area contributed by atoms with E-state index >= 15 is 0 Å². The molecule has 1 heterocycles. The van der Waals surface area contributed by atoms with Crippen molar-refractivity contribution in [3.8, 4) is 11.5 Å². The Hall–Kier alpha value is -2.52. The van der Waals surface area contributed by atoms with Crippen molar-refractivity contribution >= 4 is 16.7 Å². The highest BCUT2D eigenvalue weighted by molar-refractivity contribution is 7.98. The predicted octanol–water partition coefficient (Wildman–Crippen LogP) is 5.10. The topological polar surface area (TPSA) is 26.3 Å². The van der Waals surface area contributed by atoms with Crippen molar-refractivity contribution in [3.05, 3.63) is 84.4 Å². The third-order valence-corrected chi connectivity index (χ3v) is 6.72. The fraction of sp³-hybridized carbons (Fsp3) is 0.0952. The van der Waals surface area contributed by atoms with Gasteiger partial charge in [-0.1, -0.05) is 54.6 Å². The number of carbonyl (C=O) groups is 1. The summed E-state index contributed by atoms with van der Waals surface area (Å²) in [6.45, 7) is 2.03. The van der Waals surface area contributed by atoms with Crippen molar-refractivity contribution in [1.82, 2.24) is 0 Å². The highest BCUT2D eigenvalue weighted by Gasteiger charge is 2.44. The molecule has 0 amide bonds. The first-order valence-electron chi connectivity index (χ1n) is 7.94. The first kappa shape index (κ1) is 15.0. The van der Waals surface area contributed by atoms with Gasteiger partial charge < -0.3 is 4.74 Å². The molecule has 0 aliphatic carbocycles. The molecule has 3 aromatic carbocycles. The molecule has 1 aliphatic heterocycles. The molecule has 0 saturated heterocycles. The molecule has 0 aromatic heterocycles. The van der Waals surface area contributed by atoms with E-state index in [0.717, 1.165) is 26.9 Å². The van der Waals surface area contributed by atoms with Crippen LogP contribution in [-0.4, -0.2) is 11.0 Å². The van der Waals surface area contributed by atoms with Crippen LogP contribution in [0.2, 0.25) is 0 Å². The Morgan fingerprint density at radius 1 is 0.792 bits per heavy atom. The molecule has 0 spiro atoms. The van der Waals surface area contributed by atoms with Crippen LogP contribution in [0, 0.1) is 0 Å². The van der Waals surface area contributed by atoms with E-state index in [1.54, 1.807) is 0 Å². The highest BCUT2D eigenvalue weighted by Crippen LogP contribution is 2.45. The summed E-state index contributed by atoms with van der Waals surface area (Å²) in [5, 5.41) is -0.140. The minimum atomic E-state index is -0.344. The molecule has 0 N–H and O–H groups in total. The average Bonchev–Trinajstić information content (AvgIpc) is 2.65. The fourth-order valence-electron chi connectivity index (χ4n) is 2.99. The zero-order valence-electron chi connectivity index (χ0n) is 13.3. The monoisotopic (exact) mass is 333 g/mol. The van der Waals surface area contributed by atoms with Gasteiger partial charge in [0.15, 0.2) is 16.7 Å². The van der Waals surface area contributed by atoms with Gasteiger partial charge in [-0.25, -0.2) is 0 Å². The molecule has 1 aliphatic rings. The van der Waals surface area contributed by atoms with Gasteiger partial charge >= 0.3 is 0 Å². The number of fused-ring (bicyclic) bond motifs is 2. The molecule has 0 saturated carbocycles. The molecule has 1 unspecified atom stereocenters. The lowest BCUT2D eigenvalue weighted by molar-refractivity contribution is 0.0993. The number of carbonyl (C=O) groups excluding carboxylic acids is 1. The van der Waals surface area contributed by atoms with Crippen molar-refractivity contribution in [3.63, 3.8) is 0 Å². The fourth-order valence-corrected chi connectivity index (χ4v) is 5.45. The number of ether oxygens (including phenoxy) is 1. The van der Waals surface area contributed by atoms with Crippen molar-refractivity contribution < 1.29 is 9.53 Å². The van der Waals surface area contributed by atoms with Crippen LogP contribution in [0.5, 0.6) is 11.5 Å². The summed E-state index contributed by atoms with van der Waals surface area (Å²) in [5.74, 6) is 1.88. The summed E-state index contributed by atoms with van der Waals surface area (Å²) in [6.07, 6.45) is 0. The van der Waals surface area contributed by atoms with E-state index in [1.165, 1.54) is 0 Å². The van der Waals surface area contributed by atoms with E-state index in [-0.39, 0.29) is 21.9 Å². The quantitative estimate of drug-likeness (QED) is 0.492. The molecule has 118 valence electrons. The largest absolute Gasteiger partial charge is 0.447 e. The lowest BCUT2D eigenvalue weighted by Gasteiger charge is -2.22. The summed E-state index contributed by atoms with van der Waals surface area (Å²) >= 11 is 0. The first-order valence-corrected chi connectivity index (χ1v) is 9.23. The van der Waals surface area contributed by atoms with E-state index in [0.29, 0.717) is 0 Å². The van der Waals surface area contributed by atoms with Gasteiger partial charge in [-0.05, 0) is 31.2 Å². The maximum absolute atomic E-state index is 13.0. The normalized spacial score (nSPS) is 14.2. The Kier molecular flexibility index (Phi) is 3.87. The van der Waals surface area contributed by atoms with Crippen LogP contribution >= 0.6 is 0 Å². The minimum Gasteiger partial charge on any atom is -0.447 e. The van der Waals surface area contributed by atoms with Gasteiger partial charge in [0, 0.05) is 5.56 Å². The summed E-state index contributed by atoms with van der Waals surface area (Å²) in [6, 6.07) is 25.6. The molecule has 2 nitrogen and oxygen atoms in total. The zero-order chi connectivity index (χ0) is 16.5. The number of hydrogen-bond donors (Lipinski definition) is 0. The van der Waals surface area contributed by atoms with Crippen LogP contribution in [0.3, 0.4) is 0 Å². The molecule has 0 fully saturated rings. The van der Waals surface area contributed by atoms with Crippen LogP contribution in [0.25, 0.3) is 0 Å². The number of ketones is 1. The van der Waals surface area contributed by atoms with Gasteiger partial charge in [0.2, 0.25) is 15.6 Å². The van der Waals surface area contributed by atoms with Gasteiger partial charge in [-0.2, -0.15) is 0 Å². The van der Waals surface area contributed by atoms with Gasteiger partial charge in [0.25, 0.3) is 0 Å². The van der Waals surface area contributed by atoms with Crippen molar-refractivity contribution in [2.75, 3.05) is 0 Å². The number of hydrogen-bond acceptors (Lipinski definition) is 2. The number of para-hydroxylation sites is 2. The van der Waals surface area contributed by atoms with Crippen LogP contribution in [0.1, 0.15) is 17.3 Å². The van der Waals surface area contributed by atoms with E-state index in [2.05, 4.69) is 12.1 Å². The van der Waals surface area contributed by atoms with Gasteiger partial charge in [0.1, 0.15) is 0 Å². The summed E-state index contributed by atoms with van der Waals surface area (Å²) < 4.78 is 6.04. The Labute approximate surface area is 144 Å². The predicted molar refractivity (Wildman–Crippen MR) is 97.1 cm³/mol. The maximum Gasteiger partial charge on any atom is 0.215 e. The summed E-state index contributed by atoms with van der Waals surface area (Å²) in [4.78, 5) is 15.2. The molecular weight excluding hydrogens is 316 g/mol. The summed E-state index contributed by atoms with van der Waals surface area (Å²) in [7, 11) is -0.344. The van der Waals surface area contributed by atoms with E-state index in [9.17, 15) is 4.79 Å². The van der Waals surface area contributed by atoms with E-state index in [4.69, 9.17) is 4.74 Å². The number of benzene rings is 3. The van der Waals surface area contributed by atoms with Crippen LogP contribution in [-0.2, 0) is 10.9 Å². The molecule has 3 heteroatoms. The molecular formula is C21H17O2S+. The Morgan fingerprint density at radius 3 is 1.88 bits per heavy atom. The zero-order valence-corrected chi connectivity index (χ0v) is 14.1. The second-order valence-corrected chi connectivity index (χ2v) is 7.97. The second kappa shape index (κ2) is 6.17. The third kappa shape index (κ3) is 2.51. The van der Waals surface area contributed by atoms with Crippen molar-refractivity contribution in [2.24, 2.45) is 0 Å². The van der Waals surface area contributed by atoms with E-state index < -0.39 is 0 Å². The highest BCUT2D eigenvalue weighted by atomic mass is 32.2. The summed E-state index contributed by atoms with van der Waals surface area (Å²) in [5.41, 5.74) is 0.763. The molecule has 4 rings (SSSR count). The average molecular weight is 333 g/mol.